The van der Waals surface area contributed by atoms with Gasteiger partial charge < -0.3 is 9.64 Å². The molecule has 6 nitrogen and oxygen atoms in total. The lowest BCUT2D eigenvalue weighted by molar-refractivity contribution is -0.384. The van der Waals surface area contributed by atoms with E-state index in [0.29, 0.717) is 11.1 Å². The van der Waals surface area contributed by atoms with E-state index in [1.807, 2.05) is 0 Å². The number of halogens is 4. The minimum Gasteiger partial charge on any atom is -0.459 e. The van der Waals surface area contributed by atoms with E-state index in [9.17, 15) is 28.1 Å². The normalized spacial score (nSPS) is 13.2. The molecule has 0 radical (unpaired) electrons. The number of nitro benzene ring substituents is 1. The molecule has 0 spiro atoms. The molecule has 0 heterocycles. The van der Waals surface area contributed by atoms with Gasteiger partial charge in [0.2, 0.25) is 0 Å². The van der Waals surface area contributed by atoms with Crippen LogP contribution in [-0.4, -0.2) is 29.1 Å². The lowest BCUT2D eigenvalue weighted by Crippen LogP contribution is -2.35. The van der Waals surface area contributed by atoms with Crippen molar-refractivity contribution in [1.82, 2.24) is 0 Å². The molecule has 0 saturated carbocycles. The van der Waals surface area contributed by atoms with E-state index >= 15 is 4.39 Å². The van der Waals surface area contributed by atoms with Crippen molar-refractivity contribution in [3.05, 3.63) is 105 Å². The van der Waals surface area contributed by atoms with Crippen LogP contribution in [0.25, 0.3) is 0 Å². The number of hydrogen-bond donors (Lipinski definition) is 0. The standard InChI is InChI=1S/C28H28F4N2O4/c1-28(2,3)38-27(35)22(24(30)26(31)32)20-14-15-21(34(36)37)25(23(20)29)33(16-18-10-6-4-7-11-18)17-19-12-8-5-9-13-19/h4-15,22,24,26H,16-17H2,1-3H3. The maximum atomic E-state index is 16.3. The Hall–Kier alpha value is -3.95. The first-order valence-electron chi connectivity index (χ1n) is 11.8. The minimum absolute atomic E-state index is 0.00194. The van der Waals surface area contributed by atoms with Gasteiger partial charge >= 0.3 is 5.97 Å². The van der Waals surface area contributed by atoms with Crippen molar-refractivity contribution in [3.63, 3.8) is 0 Å². The highest BCUT2D eigenvalue weighted by Crippen LogP contribution is 2.40. The molecule has 0 amide bonds. The second-order valence-electron chi connectivity index (χ2n) is 9.71. The fraction of sp³-hybridized carbons (Fsp3) is 0.321. The molecule has 0 saturated heterocycles. The molecule has 0 aliphatic rings. The van der Waals surface area contributed by atoms with Gasteiger partial charge in [-0.3, -0.25) is 14.9 Å². The highest BCUT2D eigenvalue weighted by molar-refractivity contribution is 5.81. The Kier molecular flexibility index (Phi) is 9.08. The van der Waals surface area contributed by atoms with Crippen LogP contribution in [0.1, 0.15) is 43.4 Å². The summed E-state index contributed by atoms with van der Waals surface area (Å²) in [6.07, 6.45) is -6.74. The van der Waals surface area contributed by atoms with Crippen LogP contribution in [0.5, 0.6) is 0 Å². The third kappa shape index (κ3) is 7.08. The summed E-state index contributed by atoms with van der Waals surface area (Å²) in [6.45, 7) is 4.37. The summed E-state index contributed by atoms with van der Waals surface area (Å²) in [5.74, 6) is -5.09. The molecule has 3 aromatic carbocycles. The second kappa shape index (κ2) is 12.1. The molecule has 3 aromatic rings. The van der Waals surface area contributed by atoms with Crippen molar-refractivity contribution in [3.8, 4) is 0 Å². The van der Waals surface area contributed by atoms with E-state index in [2.05, 4.69) is 0 Å². The summed E-state index contributed by atoms with van der Waals surface area (Å²) in [6, 6.07) is 19.2. The van der Waals surface area contributed by atoms with E-state index < -0.39 is 57.8 Å². The lowest BCUT2D eigenvalue weighted by atomic mass is 9.92. The number of nitro groups is 1. The van der Waals surface area contributed by atoms with Crippen LogP contribution in [-0.2, 0) is 22.6 Å². The highest BCUT2D eigenvalue weighted by atomic mass is 19.3. The number of rotatable bonds is 10. The largest absolute Gasteiger partial charge is 0.459 e. The molecule has 0 aromatic heterocycles. The molecule has 0 N–H and O–H groups in total. The zero-order valence-corrected chi connectivity index (χ0v) is 21.1. The summed E-state index contributed by atoms with van der Waals surface area (Å²) >= 11 is 0. The molecule has 2 atom stereocenters. The van der Waals surface area contributed by atoms with E-state index in [4.69, 9.17) is 4.74 Å². The molecular formula is C28H28F4N2O4. The summed E-state index contributed by atoms with van der Waals surface area (Å²) in [5.41, 5.74) is -1.77. The van der Waals surface area contributed by atoms with Gasteiger partial charge in [-0.1, -0.05) is 60.7 Å². The van der Waals surface area contributed by atoms with Gasteiger partial charge in [-0.2, -0.15) is 0 Å². The molecule has 3 rings (SSSR count). The predicted molar refractivity (Wildman–Crippen MR) is 135 cm³/mol. The zero-order chi connectivity index (χ0) is 28.0. The number of alkyl halides is 3. The van der Waals surface area contributed by atoms with Crippen molar-refractivity contribution in [2.24, 2.45) is 0 Å². The molecule has 38 heavy (non-hydrogen) atoms. The molecule has 0 fully saturated rings. The maximum absolute atomic E-state index is 16.3. The average molecular weight is 533 g/mol. The van der Waals surface area contributed by atoms with E-state index in [1.165, 1.54) is 25.7 Å². The highest BCUT2D eigenvalue weighted by Gasteiger charge is 2.42. The summed E-state index contributed by atoms with van der Waals surface area (Å²) in [4.78, 5) is 25.3. The fourth-order valence-electron chi connectivity index (χ4n) is 4.02. The predicted octanol–water partition coefficient (Wildman–Crippen LogP) is 6.97. The van der Waals surface area contributed by atoms with Gasteiger partial charge in [0.15, 0.2) is 17.7 Å². The van der Waals surface area contributed by atoms with Crippen LogP contribution < -0.4 is 4.90 Å². The van der Waals surface area contributed by atoms with Gasteiger partial charge in [0.1, 0.15) is 11.5 Å². The van der Waals surface area contributed by atoms with Gasteiger partial charge in [-0.25, -0.2) is 17.6 Å². The topological polar surface area (TPSA) is 72.7 Å². The van der Waals surface area contributed by atoms with E-state index in [0.717, 1.165) is 12.1 Å². The first-order valence-corrected chi connectivity index (χ1v) is 11.8. The van der Waals surface area contributed by atoms with Crippen molar-refractivity contribution < 1.29 is 32.0 Å². The third-order valence-electron chi connectivity index (χ3n) is 5.63. The first kappa shape index (κ1) is 28.6. The number of esters is 1. The number of nitrogens with zero attached hydrogens (tertiary/aromatic N) is 2. The smallest absolute Gasteiger partial charge is 0.317 e. The number of carbonyl (C=O) groups is 1. The first-order chi connectivity index (χ1) is 17.9. The van der Waals surface area contributed by atoms with Gasteiger partial charge in [-0.15, -0.1) is 0 Å². The third-order valence-corrected chi connectivity index (χ3v) is 5.63. The van der Waals surface area contributed by atoms with Crippen LogP contribution in [0, 0.1) is 15.9 Å². The monoisotopic (exact) mass is 532 g/mol. The Bertz CT molecular complexity index is 1210. The van der Waals surface area contributed by atoms with Crippen molar-refractivity contribution in [2.45, 2.75) is 58.0 Å². The number of benzene rings is 3. The SMILES string of the molecule is CC(C)(C)OC(=O)C(c1ccc([N+](=O)[O-])c(N(Cc2ccccc2)Cc2ccccc2)c1F)C(F)C(F)F. The van der Waals surface area contributed by atoms with Crippen LogP contribution >= 0.6 is 0 Å². The van der Waals surface area contributed by atoms with Crippen LogP contribution in [0.3, 0.4) is 0 Å². The Morgan fingerprint density at radius 1 is 0.921 bits per heavy atom. The molecular weight excluding hydrogens is 504 g/mol. The molecule has 202 valence electrons. The quantitative estimate of drug-likeness (QED) is 0.122. The van der Waals surface area contributed by atoms with Crippen LogP contribution in [0.2, 0.25) is 0 Å². The van der Waals surface area contributed by atoms with Gasteiger partial charge in [0.25, 0.3) is 12.1 Å². The Labute approximate surface area is 218 Å². The molecule has 2 unspecified atom stereocenters. The number of anilines is 1. The maximum Gasteiger partial charge on any atom is 0.317 e. The van der Waals surface area contributed by atoms with Crippen LogP contribution in [0.15, 0.2) is 72.8 Å². The molecule has 0 aliphatic carbocycles. The Morgan fingerprint density at radius 3 is 1.84 bits per heavy atom. The summed E-state index contributed by atoms with van der Waals surface area (Å²) in [7, 11) is 0. The van der Waals surface area contributed by atoms with Crippen molar-refractivity contribution >= 4 is 17.3 Å². The van der Waals surface area contributed by atoms with Crippen molar-refractivity contribution in [1.29, 1.82) is 0 Å². The number of ether oxygens (including phenoxy) is 1. The number of hydrogen-bond acceptors (Lipinski definition) is 5. The minimum atomic E-state index is -3.63. The number of carbonyl (C=O) groups excluding carboxylic acids is 1. The zero-order valence-electron chi connectivity index (χ0n) is 21.1. The van der Waals surface area contributed by atoms with Gasteiger partial charge in [0.05, 0.1) is 4.92 Å². The summed E-state index contributed by atoms with van der Waals surface area (Å²) in [5, 5.41) is 12.0. The van der Waals surface area contributed by atoms with E-state index in [1.54, 1.807) is 60.7 Å². The van der Waals surface area contributed by atoms with Gasteiger partial charge in [-0.05, 0) is 38.0 Å². The Morgan fingerprint density at radius 2 is 1.42 bits per heavy atom. The molecule has 0 bridgehead atoms. The van der Waals surface area contributed by atoms with Gasteiger partial charge in [0, 0.05) is 24.7 Å². The van der Waals surface area contributed by atoms with E-state index in [-0.39, 0.29) is 13.1 Å². The lowest BCUT2D eigenvalue weighted by Gasteiger charge is -2.29. The molecule has 0 aliphatic heterocycles. The Balaban J connectivity index is 2.22. The van der Waals surface area contributed by atoms with Crippen LogP contribution in [0.4, 0.5) is 28.9 Å². The second-order valence-corrected chi connectivity index (χ2v) is 9.71. The van der Waals surface area contributed by atoms with Crippen molar-refractivity contribution in [2.75, 3.05) is 4.90 Å². The average Bonchev–Trinajstić information content (AvgIpc) is 2.84. The molecule has 10 heteroatoms. The fourth-order valence-corrected chi connectivity index (χ4v) is 4.02. The summed E-state index contributed by atoms with van der Waals surface area (Å²) < 4.78 is 63.2.